The van der Waals surface area contributed by atoms with E-state index < -0.39 is 21.6 Å². The van der Waals surface area contributed by atoms with Crippen LogP contribution in [0.5, 0.6) is 0 Å². The second-order valence-electron chi connectivity index (χ2n) is 5.82. The molecule has 0 amide bonds. The summed E-state index contributed by atoms with van der Waals surface area (Å²) in [6, 6.07) is 12.9. The number of nitro benzene ring substituents is 1. The quantitative estimate of drug-likeness (QED) is 0.319. The van der Waals surface area contributed by atoms with Crippen LogP contribution in [0.25, 0.3) is 5.69 Å². The number of aryl methyl sites for hydroxylation is 1. The number of aromatic nitrogens is 3. The van der Waals surface area contributed by atoms with Gasteiger partial charge < -0.3 is 0 Å². The van der Waals surface area contributed by atoms with Gasteiger partial charge in [-0.25, -0.2) is 0 Å². The molecule has 0 saturated carbocycles. The zero-order valence-electron chi connectivity index (χ0n) is 14.6. The van der Waals surface area contributed by atoms with Gasteiger partial charge in [-0.05, 0) is 36.8 Å². The van der Waals surface area contributed by atoms with Gasteiger partial charge in [0, 0.05) is 27.8 Å². The van der Waals surface area contributed by atoms with E-state index in [0.717, 1.165) is 17.4 Å². The Bertz CT molecular complexity index is 1020. The number of nitro groups is 2. The van der Waals surface area contributed by atoms with E-state index in [1.807, 2.05) is 0 Å². The van der Waals surface area contributed by atoms with Crippen LogP contribution in [-0.2, 0) is 0 Å². The number of halogens is 1. The van der Waals surface area contributed by atoms with Crippen LogP contribution >= 0.6 is 23.4 Å². The molecule has 0 aliphatic rings. The molecule has 0 radical (unpaired) electrons. The molecule has 28 heavy (non-hydrogen) atoms. The summed E-state index contributed by atoms with van der Waals surface area (Å²) in [4.78, 5) is 21.3. The third-order valence-corrected chi connectivity index (χ3v) is 5.33. The first-order valence-corrected chi connectivity index (χ1v) is 9.31. The third-order valence-electron chi connectivity index (χ3n) is 3.90. The van der Waals surface area contributed by atoms with Crippen LogP contribution in [0, 0.1) is 27.2 Å². The topological polar surface area (TPSA) is 117 Å². The first-order chi connectivity index (χ1) is 13.3. The van der Waals surface area contributed by atoms with Gasteiger partial charge in [-0.3, -0.25) is 24.8 Å². The monoisotopic (exact) mass is 419 g/mol. The predicted octanol–water partition coefficient (Wildman–Crippen LogP) is 4.25. The Morgan fingerprint density at radius 2 is 1.86 bits per heavy atom. The highest BCUT2D eigenvalue weighted by molar-refractivity contribution is 7.99. The maximum absolute atomic E-state index is 11.2. The van der Waals surface area contributed by atoms with Gasteiger partial charge in [0.25, 0.3) is 5.69 Å². The van der Waals surface area contributed by atoms with Crippen LogP contribution < -0.4 is 0 Å². The normalized spacial score (nSPS) is 11.9. The van der Waals surface area contributed by atoms with E-state index in [-0.39, 0.29) is 5.69 Å². The molecule has 3 aromatic rings. The van der Waals surface area contributed by atoms with Gasteiger partial charge in [0.2, 0.25) is 6.54 Å². The van der Waals surface area contributed by atoms with Gasteiger partial charge in [-0.15, -0.1) is 10.2 Å². The fourth-order valence-electron chi connectivity index (χ4n) is 2.62. The summed E-state index contributed by atoms with van der Waals surface area (Å²) in [5, 5.41) is 30.8. The van der Waals surface area contributed by atoms with Gasteiger partial charge >= 0.3 is 0 Å². The Morgan fingerprint density at radius 1 is 1.14 bits per heavy atom. The van der Waals surface area contributed by atoms with Crippen molar-refractivity contribution < 1.29 is 9.85 Å². The van der Waals surface area contributed by atoms with E-state index in [9.17, 15) is 20.2 Å². The van der Waals surface area contributed by atoms with Gasteiger partial charge in [0.15, 0.2) is 5.16 Å². The van der Waals surface area contributed by atoms with Crippen molar-refractivity contribution in [1.29, 1.82) is 0 Å². The van der Waals surface area contributed by atoms with Crippen molar-refractivity contribution in [3.8, 4) is 5.69 Å². The second kappa shape index (κ2) is 8.36. The van der Waals surface area contributed by atoms with Crippen LogP contribution in [0.2, 0.25) is 5.02 Å². The lowest BCUT2D eigenvalue weighted by Gasteiger charge is -2.14. The predicted molar refractivity (Wildman–Crippen MR) is 105 cm³/mol. The van der Waals surface area contributed by atoms with Crippen LogP contribution in [-0.4, -0.2) is 31.2 Å². The van der Waals surface area contributed by atoms with Crippen LogP contribution in [0.4, 0.5) is 5.69 Å². The van der Waals surface area contributed by atoms with E-state index in [1.54, 1.807) is 41.8 Å². The van der Waals surface area contributed by atoms with Crippen LogP contribution in [0.15, 0.2) is 53.7 Å². The SMILES string of the molecule is Cc1nnc(S[C@@H](C[N+](=O)[O-])c2cccc([N+](=O)[O-])c2)n1-c1ccc(Cl)cc1. The average Bonchev–Trinajstić information content (AvgIpc) is 3.02. The highest BCUT2D eigenvalue weighted by Crippen LogP contribution is 2.37. The molecule has 3 rings (SSSR count). The smallest absolute Gasteiger partial charge is 0.269 e. The summed E-state index contributed by atoms with van der Waals surface area (Å²) in [6.07, 6.45) is 0. The molecule has 1 heterocycles. The number of rotatable bonds is 7. The van der Waals surface area contributed by atoms with Crippen molar-refractivity contribution in [2.45, 2.75) is 17.3 Å². The van der Waals surface area contributed by atoms with Crippen molar-refractivity contribution in [3.63, 3.8) is 0 Å². The van der Waals surface area contributed by atoms with Crippen molar-refractivity contribution in [3.05, 3.63) is 85.2 Å². The molecule has 1 atom stereocenters. The zero-order valence-corrected chi connectivity index (χ0v) is 16.1. The Labute approximate surface area is 168 Å². The van der Waals surface area contributed by atoms with Gasteiger partial charge in [0.1, 0.15) is 11.1 Å². The molecule has 11 heteroatoms. The first kappa shape index (κ1) is 19.8. The van der Waals surface area contributed by atoms with Crippen molar-refractivity contribution in [1.82, 2.24) is 14.8 Å². The minimum Gasteiger partial charge on any atom is -0.274 e. The molecule has 0 aliphatic heterocycles. The van der Waals surface area contributed by atoms with E-state index >= 15 is 0 Å². The summed E-state index contributed by atoms with van der Waals surface area (Å²) in [5.41, 5.74) is 1.11. The van der Waals surface area contributed by atoms with Gasteiger partial charge in [-0.2, -0.15) is 0 Å². The lowest BCUT2D eigenvalue weighted by atomic mass is 10.1. The van der Waals surface area contributed by atoms with Crippen LogP contribution in [0.1, 0.15) is 16.6 Å². The summed E-state index contributed by atoms with van der Waals surface area (Å²) in [7, 11) is 0. The molecule has 0 saturated heterocycles. The van der Waals surface area contributed by atoms with Gasteiger partial charge in [0.05, 0.1) is 4.92 Å². The maximum atomic E-state index is 11.2. The Hall–Kier alpha value is -2.98. The molecule has 9 nitrogen and oxygen atoms in total. The Kier molecular flexibility index (Phi) is 5.90. The number of thioether (sulfide) groups is 1. The number of nitrogens with zero attached hydrogens (tertiary/aromatic N) is 5. The van der Waals surface area contributed by atoms with E-state index in [0.29, 0.717) is 21.6 Å². The fraction of sp³-hybridized carbons (Fsp3) is 0.176. The minimum absolute atomic E-state index is 0.123. The molecule has 0 fully saturated rings. The summed E-state index contributed by atoms with van der Waals surface area (Å²) >= 11 is 7.07. The number of hydrogen-bond acceptors (Lipinski definition) is 7. The molecule has 0 spiro atoms. The summed E-state index contributed by atoms with van der Waals surface area (Å²) in [6.45, 7) is 1.35. The standard InChI is InChI=1S/C17H14ClN5O4S/c1-11-19-20-17(22(11)14-7-5-13(18)6-8-14)28-16(10-21(24)25)12-3-2-4-15(9-12)23(26)27/h2-9,16H,10H2,1H3/t16-/m0/s1. The molecule has 0 unspecified atom stereocenters. The molecule has 0 aliphatic carbocycles. The Balaban J connectivity index is 1.99. The highest BCUT2D eigenvalue weighted by Gasteiger charge is 2.25. The molecule has 0 bridgehead atoms. The van der Waals surface area contributed by atoms with Gasteiger partial charge in [-0.1, -0.05) is 35.5 Å². The molecular formula is C17H14ClN5O4S. The highest BCUT2D eigenvalue weighted by atomic mass is 35.5. The first-order valence-electron chi connectivity index (χ1n) is 8.06. The van der Waals surface area contributed by atoms with Crippen molar-refractivity contribution >= 4 is 29.1 Å². The van der Waals surface area contributed by atoms with Crippen molar-refractivity contribution in [2.75, 3.05) is 6.54 Å². The van der Waals surface area contributed by atoms with E-state index in [1.165, 1.54) is 18.2 Å². The number of hydrogen-bond donors (Lipinski definition) is 0. The zero-order chi connectivity index (χ0) is 20.3. The molecule has 0 N–H and O–H groups in total. The lowest BCUT2D eigenvalue weighted by Crippen LogP contribution is -2.11. The number of non-ortho nitro benzene ring substituents is 1. The molecular weight excluding hydrogens is 406 g/mol. The lowest BCUT2D eigenvalue weighted by molar-refractivity contribution is -0.479. The fourth-order valence-corrected chi connectivity index (χ4v) is 3.91. The van der Waals surface area contributed by atoms with E-state index in [4.69, 9.17) is 11.6 Å². The minimum atomic E-state index is -0.676. The van der Waals surface area contributed by atoms with Crippen molar-refractivity contribution in [2.24, 2.45) is 0 Å². The summed E-state index contributed by atoms with van der Waals surface area (Å²) < 4.78 is 1.76. The average molecular weight is 420 g/mol. The third kappa shape index (κ3) is 4.46. The Morgan fingerprint density at radius 3 is 2.50 bits per heavy atom. The maximum Gasteiger partial charge on any atom is 0.269 e. The number of benzene rings is 2. The molecule has 144 valence electrons. The van der Waals surface area contributed by atoms with E-state index in [2.05, 4.69) is 10.2 Å². The summed E-state index contributed by atoms with van der Waals surface area (Å²) in [5.74, 6) is 0.601. The molecule has 1 aromatic heterocycles. The molecule has 2 aromatic carbocycles. The van der Waals surface area contributed by atoms with Crippen LogP contribution in [0.3, 0.4) is 0 Å². The largest absolute Gasteiger partial charge is 0.274 e. The second-order valence-corrected chi connectivity index (χ2v) is 7.42.